The summed E-state index contributed by atoms with van der Waals surface area (Å²) in [5.41, 5.74) is 6.70. The van der Waals surface area contributed by atoms with Gasteiger partial charge >= 0.3 is 0 Å². The lowest BCUT2D eigenvalue weighted by Crippen LogP contribution is -2.07. The first-order valence-electron chi connectivity index (χ1n) is 6.30. The molecular formula is C15H21NO2. The average molecular weight is 247 g/mol. The predicted molar refractivity (Wildman–Crippen MR) is 73.9 cm³/mol. The van der Waals surface area contributed by atoms with E-state index < -0.39 is 0 Å². The first kappa shape index (κ1) is 14.4. The van der Waals surface area contributed by atoms with Crippen LogP contribution in [0.15, 0.2) is 18.2 Å². The van der Waals surface area contributed by atoms with Crippen molar-refractivity contribution >= 4 is 0 Å². The second-order valence-corrected chi connectivity index (χ2v) is 3.74. The van der Waals surface area contributed by atoms with E-state index in [-0.39, 0.29) is 0 Å². The summed E-state index contributed by atoms with van der Waals surface area (Å²) in [5, 5.41) is 0. The molecule has 0 fully saturated rings. The number of hydrogen-bond acceptors (Lipinski definition) is 3. The Morgan fingerprint density at radius 3 is 2.78 bits per heavy atom. The standard InChI is InChI=1S/C15H21NO2/c1-3-5-6-12-18-15-13(10-11-16)8-7-9-14(15)17-4-2/h7-9H,4,6,10-12,16H2,1-2H3. The molecule has 1 aromatic carbocycles. The van der Waals surface area contributed by atoms with Gasteiger partial charge in [0, 0.05) is 6.42 Å². The van der Waals surface area contributed by atoms with Gasteiger partial charge in [0.15, 0.2) is 11.5 Å². The molecule has 3 nitrogen and oxygen atoms in total. The summed E-state index contributed by atoms with van der Waals surface area (Å²) < 4.78 is 11.4. The van der Waals surface area contributed by atoms with Crippen LogP contribution in [0.5, 0.6) is 11.5 Å². The lowest BCUT2D eigenvalue weighted by atomic mass is 10.1. The SMILES string of the molecule is CC#CCCOc1c(CCN)cccc1OCC. The van der Waals surface area contributed by atoms with Gasteiger partial charge in [0.25, 0.3) is 0 Å². The molecule has 0 saturated carbocycles. The van der Waals surface area contributed by atoms with Crippen molar-refractivity contribution in [3.8, 4) is 23.3 Å². The van der Waals surface area contributed by atoms with Gasteiger partial charge in [-0.3, -0.25) is 0 Å². The van der Waals surface area contributed by atoms with Gasteiger partial charge in [-0.2, -0.15) is 0 Å². The van der Waals surface area contributed by atoms with Gasteiger partial charge in [-0.1, -0.05) is 12.1 Å². The van der Waals surface area contributed by atoms with Gasteiger partial charge in [-0.05, 0) is 38.4 Å². The van der Waals surface area contributed by atoms with E-state index in [1.54, 1.807) is 0 Å². The van der Waals surface area contributed by atoms with Gasteiger partial charge in [0.1, 0.15) is 0 Å². The number of para-hydroxylation sites is 1. The van der Waals surface area contributed by atoms with Crippen LogP contribution in [-0.4, -0.2) is 19.8 Å². The highest BCUT2D eigenvalue weighted by Gasteiger charge is 2.10. The molecule has 2 N–H and O–H groups in total. The maximum atomic E-state index is 5.79. The average Bonchev–Trinajstić information content (AvgIpc) is 2.38. The Hall–Kier alpha value is -1.66. The zero-order valence-electron chi connectivity index (χ0n) is 11.2. The summed E-state index contributed by atoms with van der Waals surface area (Å²) in [6.45, 7) is 5.58. The van der Waals surface area contributed by atoms with Crippen molar-refractivity contribution in [3.05, 3.63) is 23.8 Å². The molecule has 1 aromatic rings. The fraction of sp³-hybridized carbons (Fsp3) is 0.467. The van der Waals surface area contributed by atoms with E-state index in [0.29, 0.717) is 19.8 Å². The Morgan fingerprint density at radius 1 is 1.28 bits per heavy atom. The summed E-state index contributed by atoms with van der Waals surface area (Å²) in [4.78, 5) is 0. The Labute approximate surface area is 109 Å². The third-order valence-corrected chi connectivity index (χ3v) is 2.42. The van der Waals surface area contributed by atoms with Crippen molar-refractivity contribution in [2.45, 2.75) is 26.7 Å². The second-order valence-electron chi connectivity index (χ2n) is 3.74. The van der Waals surface area contributed by atoms with Crippen LogP contribution in [0.4, 0.5) is 0 Å². The normalized spacial score (nSPS) is 9.50. The lowest BCUT2D eigenvalue weighted by molar-refractivity contribution is 0.279. The van der Waals surface area contributed by atoms with Crippen molar-refractivity contribution in [1.82, 2.24) is 0 Å². The van der Waals surface area contributed by atoms with Crippen LogP contribution in [0, 0.1) is 11.8 Å². The molecule has 1 rings (SSSR count). The van der Waals surface area contributed by atoms with Crippen molar-refractivity contribution in [3.63, 3.8) is 0 Å². The lowest BCUT2D eigenvalue weighted by Gasteiger charge is -2.15. The van der Waals surface area contributed by atoms with Crippen LogP contribution in [0.1, 0.15) is 25.8 Å². The zero-order valence-corrected chi connectivity index (χ0v) is 11.2. The number of rotatable bonds is 7. The van der Waals surface area contributed by atoms with Crippen LogP contribution in [0.2, 0.25) is 0 Å². The quantitative estimate of drug-likeness (QED) is 0.594. The highest BCUT2D eigenvalue weighted by molar-refractivity contribution is 5.46. The van der Waals surface area contributed by atoms with E-state index in [2.05, 4.69) is 11.8 Å². The topological polar surface area (TPSA) is 44.5 Å². The van der Waals surface area contributed by atoms with Gasteiger partial charge < -0.3 is 15.2 Å². The van der Waals surface area contributed by atoms with Crippen molar-refractivity contribution < 1.29 is 9.47 Å². The molecule has 0 bridgehead atoms. The molecule has 0 unspecified atom stereocenters. The monoisotopic (exact) mass is 247 g/mol. The molecule has 0 atom stereocenters. The Bertz CT molecular complexity index is 394. The molecular weight excluding hydrogens is 226 g/mol. The number of hydrogen-bond donors (Lipinski definition) is 1. The fourth-order valence-electron chi connectivity index (χ4n) is 1.68. The molecule has 98 valence electrons. The van der Waals surface area contributed by atoms with Crippen LogP contribution in [-0.2, 0) is 6.42 Å². The van der Waals surface area contributed by atoms with Crippen LogP contribution in [0.3, 0.4) is 0 Å². The highest BCUT2D eigenvalue weighted by Crippen LogP contribution is 2.31. The minimum absolute atomic E-state index is 0.572. The molecule has 0 aliphatic carbocycles. The first-order valence-corrected chi connectivity index (χ1v) is 6.30. The molecule has 0 radical (unpaired) electrons. The molecule has 0 amide bonds. The van der Waals surface area contributed by atoms with Crippen LogP contribution < -0.4 is 15.2 Å². The minimum Gasteiger partial charge on any atom is -0.490 e. The van der Waals surface area contributed by atoms with E-state index in [1.165, 1.54) is 0 Å². The Balaban J connectivity index is 2.82. The van der Waals surface area contributed by atoms with Crippen molar-refractivity contribution in [2.24, 2.45) is 5.73 Å². The maximum Gasteiger partial charge on any atom is 0.164 e. The highest BCUT2D eigenvalue weighted by atomic mass is 16.5. The number of ether oxygens (including phenoxy) is 2. The summed E-state index contributed by atoms with van der Waals surface area (Å²) in [5.74, 6) is 7.43. The van der Waals surface area contributed by atoms with Gasteiger partial charge in [0.2, 0.25) is 0 Å². The van der Waals surface area contributed by atoms with E-state index in [9.17, 15) is 0 Å². The summed E-state index contributed by atoms with van der Waals surface area (Å²) in [6.07, 6.45) is 1.51. The van der Waals surface area contributed by atoms with E-state index in [1.807, 2.05) is 32.0 Å². The number of benzene rings is 1. The molecule has 0 aliphatic rings. The predicted octanol–water partition coefficient (Wildman–Crippen LogP) is 2.38. The molecule has 0 saturated heterocycles. The molecule has 0 aliphatic heterocycles. The smallest absolute Gasteiger partial charge is 0.164 e. The van der Waals surface area contributed by atoms with Gasteiger partial charge in [0.05, 0.1) is 13.2 Å². The minimum atomic E-state index is 0.572. The van der Waals surface area contributed by atoms with Crippen LogP contribution >= 0.6 is 0 Å². The largest absolute Gasteiger partial charge is 0.490 e. The summed E-state index contributed by atoms with van der Waals surface area (Å²) in [6, 6.07) is 5.91. The van der Waals surface area contributed by atoms with Gasteiger partial charge in [-0.25, -0.2) is 0 Å². The van der Waals surface area contributed by atoms with Gasteiger partial charge in [-0.15, -0.1) is 11.8 Å². The number of nitrogens with two attached hydrogens (primary N) is 1. The van der Waals surface area contributed by atoms with Crippen molar-refractivity contribution in [1.29, 1.82) is 0 Å². The zero-order chi connectivity index (χ0) is 13.2. The molecule has 3 heteroatoms. The van der Waals surface area contributed by atoms with E-state index >= 15 is 0 Å². The molecule has 0 aromatic heterocycles. The van der Waals surface area contributed by atoms with E-state index in [0.717, 1.165) is 29.9 Å². The summed E-state index contributed by atoms with van der Waals surface area (Å²) >= 11 is 0. The third kappa shape index (κ3) is 4.31. The molecule has 18 heavy (non-hydrogen) atoms. The van der Waals surface area contributed by atoms with Crippen LogP contribution in [0.25, 0.3) is 0 Å². The Kier molecular flexibility index (Phi) is 6.75. The first-order chi connectivity index (χ1) is 8.83. The summed E-state index contributed by atoms with van der Waals surface area (Å²) in [7, 11) is 0. The molecule has 0 heterocycles. The maximum absolute atomic E-state index is 5.79. The fourth-order valence-corrected chi connectivity index (χ4v) is 1.68. The van der Waals surface area contributed by atoms with E-state index in [4.69, 9.17) is 15.2 Å². The second kappa shape index (κ2) is 8.43. The third-order valence-electron chi connectivity index (χ3n) is 2.42. The molecule has 0 spiro atoms. The van der Waals surface area contributed by atoms with Crippen molar-refractivity contribution in [2.75, 3.05) is 19.8 Å². The Morgan fingerprint density at radius 2 is 2.11 bits per heavy atom.